The molecule has 0 aliphatic carbocycles. The van der Waals surface area contributed by atoms with Crippen molar-refractivity contribution in [2.45, 2.75) is 30.6 Å². The number of nitrogens with one attached hydrogen (secondary N) is 1. The van der Waals surface area contributed by atoms with Gasteiger partial charge in [0, 0.05) is 6.54 Å². The first-order valence-electron chi connectivity index (χ1n) is 6.68. The van der Waals surface area contributed by atoms with Gasteiger partial charge in [0.05, 0.1) is 11.0 Å². The van der Waals surface area contributed by atoms with Crippen molar-refractivity contribution in [2.24, 2.45) is 5.73 Å². The summed E-state index contributed by atoms with van der Waals surface area (Å²) in [5, 5.41) is 2.20. The number of amides is 1. The molecule has 1 aliphatic rings. The zero-order valence-electron chi connectivity index (χ0n) is 11.5. The van der Waals surface area contributed by atoms with Crippen molar-refractivity contribution in [3.05, 3.63) is 35.9 Å². The molecule has 20 heavy (non-hydrogen) atoms. The zero-order chi connectivity index (χ0) is 14.8. The predicted molar refractivity (Wildman–Crippen MR) is 77.8 cm³/mol. The molecule has 0 saturated carbocycles. The molecule has 3 N–H and O–H groups in total. The van der Waals surface area contributed by atoms with Crippen LogP contribution in [0.3, 0.4) is 0 Å². The standard InChI is InChI=1S/C14H20N2O3S/c1-14(15,11-6-3-2-4-7-11)13(17)16-10-12-8-5-9-20(12,18)19/h2-4,6-7,12H,5,8-10,15H2,1H3,(H,16,17). The lowest BCUT2D eigenvalue weighted by molar-refractivity contribution is -0.126. The molecule has 1 amide bonds. The second-order valence-corrected chi connectivity index (χ2v) is 7.81. The Kier molecular flexibility index (Phi) is 4.15. The molecule has 2 unspecified atom stereocenters. The highest BCUT2D eigenvalue weighted by Crippen LogP contribution is 2.21. The molecule has 1 aliphatic heterocycles. The highest BCUT2D eigenvalue weighted by atomic mass is 32.2. The van der Waals surface area contributed by atoms with Crippen LogP contribution in [-0.4, -0.2) is 31.9 Å². The Hall–Kier alpha value is -1.40. The van der Waals surface area contributed by atoms with Gasteiger partial charge in [0.2, 0.25) is 5.91 Å². The van der Waals surface area contributed by atoms with E-state index in [0.29, 0.717) is 18.4 Å². The first-order valence-corrected chi connectivity index (χ1v) is 8.40. The average molecular weight is 296 g/mol. The summed E-state index contributed by atoms with van der Waals surface area (Å²) in [4.78, 5) is 12.2. The molecular weight excluding hydrogens is 276 g/mol. The predicted octanol–water partition coefficient (Wildman–Crippen LogP) is 0.554. The fourth-order valence-corrected chi connectivity index (χ4v) is 4.16. The van der Waals surface area contributed by atoms with Gasteiger partial charge in [-0.25, -0.2) is 8.42 Å². The molecule has 1 saturated heterocycles. The van der Waals surface area contributed by atoms with Crippen molar-refractivity contribution < 1.29 is 13.2 Å². The van der Waals surface area contributed by atoms with E-state index in [4.69, 9.17) is 5.73 Å². The van der Waals surface area contributed by atoms with E-state index < -0.39 is 20.6 Å². The van der Waals surface area contributed by atoms with E-state index >= 15 is 0 Å². The van der Waals surface area contributed by atoms with Gasteiger partial charge in [-0.1, -0.05) is 30.3 Å². The van der Waals surface area contributed by atoms with E-state index in [2.05, 4.69) is 5.32 Å². The Bertz CT molecular complexity index is 582. The number of carbonyl (C=O) groups is 1. The van der Waals surface area contributed by atoms with Gasteiger partial charge in [0.15, 0.2) is 9.84 Å². The van der Waals surface area contributed by atoms with Crippen molar-refractivity contribution >= 4 is 15.7 Å². The fourth-order valence-electron chi connectivity index (χ4n) is 2.39. The number of rotatable bonds is 4. The van der Waals surface area contributed by atoms with Crippen LogP contribution in [-0.2, 0) is 20.2 Å². The minimum atomic E-state index is -3.05. The van der Waals surface area contributed by atoms with Crippen molar-refractivity contribution in [3.8, 4) is 0 Å². The van der Waals surface area contributed by atoms with Crippen molar-refractivity contribution in [1.82, 2.24) is 5.32 Å². The molecule has 0 radical (unpaired) electrons. The van der Waals surface area contributed by atoms with Crippen LogP contribution in [0.4, 0.5) is 0 Å². The van der Waals surface area contributed by atoms with Gasteiger partial charge in [0.25, 0.3) is 0 Å². The second-order valence-electron chi connectivity index (χ2n) is 5.41. The molecular formula is C14H20N2O3S. The third-order valence-electron chi connectivity index (χ3n) is 3.80. The summed E-state index contributed by atoms with van der Waals surface area (Å²) in [6.45, 7) is 1.77. The molecule has 1 heterocycles. The normalized spacial score (nSPS) is 24.0. The van der Waals surface area contributed by atoms with Gasteiger partial charge >= 0.3 is 0 Å². The van der Waals surface area contributed by atoms with E-state index in [-0.39, 0.29) is 18.2 Å². The third kappa shape index (κ3) is 3.02. The molecule has 0 bridgehead atoms. The summed E-state index contributed by atoms with van der Waals surface area (Å²) >= 11 is 0. The Morgan fingerprint density at radius 1 is 1.40 bits per heavy atom. The van der Waals surface area contributed by atoms with Crippen LogP contribution in [0, 0.1) is 0 Å². The smallest absolute Gasteiger partial charge is 0.244 e. The highest BCUT2D eigenvalue weighted by molar-refractivity contribution is 7.92. The highest BCUT2D eigenvalue weighted by Gasteiger charge is 2.34. The lowest BCUT2D eigenvalue weighted by Gasteiger charge is -2.24. The van der Waals surface area contributed by atoms with E-state index in [1.807, 2.05) is 18.2 Å². The Morgan fingerprint density at radius 3 is 2.60 bits per heavy atom. The van der Waals surface area contributed by atoms with Gasteiger partial charge in [0.1, 0.15) is 5.54 Å². The maximum absolute atomic E-state index is 12.2. The second kappa shape index (κ2) is 5.54. The van der Waals surface area contributed by atoms with Crippen LogP contribution in [0.25, 0.3) is 0 Å². The number of nitrogens with two attached hydrogens (primary N) is 1. The van der Waals surface area contributed by atoms with E-state index in [1.165, 1.54) is 0 Å². The number of sulfone groups is 1. The summed E-state index contributed by atoms with van der Waals surface area (Å²) < 4.78 is 23.4. The molecule has 2 rings (SSSR count). The van der Waals surface area contributed by atoms with Gasteiger partial charge in [-0.05, 0) is 25.3 Å². The maximum Gasteiger partial charge on any atom is 0.244 e. The third-order valence-corrected chi connectivity index (χ3v) is 6.07. The molecule has 0 spiro atoms. The quantitative estimate of drug-likeness (QED) is 0.849. The average Bonchev–Trinajstić information content (AvgIpc) is 2.76. The lowest BCUT2D eigenvalue weighted by Crippen LogP contribution is -2.50. The Labute approximate surface area is 119 Å². The summed E-state index contributed by atoms with van der Waals surface area (Å²) in [5.74, 6) is -0.141. The van der Waals surface area contributed by atoms with Crippen LogP contribution in [0.15, 0.2) is 30.3 Å². The molecule has 1 fully saturated rings. The van der Waals surface area contributed by atoms with Crippen LogP contribution >= 0.6 is 0 Å². The first kappa shape index (κ1) is 15.0. The van der Waals surface area contributed by atoms with Gasteiger partial charge in [-0.15, -0.1) is 0 Å². The minimum absolute atomic E-state index is 0.140. The lowest BCUT2D eigenvalue weighted by atomic mass is 9.92. The topological polar surface area (TPSA) is 89.3 Å². The minimum Gasteiger partial charge on any atom is -0.353 e. The van der Waals surface area contributed by atoms with Crippen molar-refractivity contribution in [3.63, 3.8) is 0 Å². The van der Waals surface area contributed by atoms with E-state index in [0.717, 1.165) is 0 Å². The molecule has 110 valence electrons. The van der Waals surface area contributed by atoms with E-state index in [1.54, 1.807) is 19.1 Å². The number of benzene rings is 1. The summed E-state index contributed by atoms with van der Waals surface area (Å²) in [7, 11) is -3.05. The van der Waals surface area contributed by atoms with Crippen molar-refractivity contribution in [1.29, 1.82) is 0 Å². The molecule has 1 aromatic carbocycles. The van der Waals surface area contributed by atoms with Crippen molar-refractivity contribution in [2.75, 3.05) is 12.3 Å². The van der Waals surface area contributed by atoms with Crippen LogP contribution in [0.2, 0.25) is 0 Å². The largest absolute Gasteiger partial charge is 0.353 e. The molecule has 1 aromatic rings. The summed E-state index contributed by atoms with van der Waals surface area (Å²) in [5.41, 5.74) is 5.61. The van der Waals surface area contributed by atoms with Crippen LogP contribution < -0.4 is 11.1 Å². The molecule has 5 nitrogen and oxygen atoms in total. The first-order chi connectivity index (χ1) is 9.34. The molecule has 0 aromatic heterocycles. The fraction of sp³-hybridized carbons (Fsp3) is 0.500. The zero-order valence-corrected chi connectivity index (χ0v) is 12.3. The number of hydrogen-bond donors (Lipinski definition) is 2. The summed E-state index contributed by atoms with van der Waals surface area (Å²) in [6.07, 6.45) is 1.27. The van der Waals surface area contributed by atoms with Gasteiger partial charge < -0.3 is 11.1 Å². The molecule has 6 heteroatoms. The summed E-state index contributed by atoms with van der Waals surface area (Å²) in [6, 6.07) is 9.05. The molecule has 2 atom stereocenters. The van der Waals surface area contributed by atoms with Gasteiger partial charge in [-0.3, -0.25) is 4.79 Å². The van der Waals surface area contributed by atoms with Crippen LogP contribution in [0.5, 0.6) is 0 Å². The Balaban J connectivity index is 2.02. The SMILES string of the molecule is CC(N)(C(=O)NCC1CCCS1(=O)=O)c1ccccc1. The van der Waals surface area contributed by atoms with E-state index in [9.17, 15) is 13.2 Å². The Morgan fingerprint density at radius 2 is 2.05 bits per heavy atom. The monoisotopic (exact) mass is 296 g/mol. The number of carbonyl (C=O) groups excluding carboxylic acids is 1. The maximum atomic E-state index is 12.2. The van der Waals surface area contributed by atoms with Gasteiger partial charge in [-0.2, -0.15) is 0 Å². The number of hydrogen-bond acceptors (Lipinski definition) is 4. The van der Waals surface area contributed by atoms with Crippen LogP contribution in [0.1, 0.15) is 25.3 Å².